The van der Waals surface area contributed by atoms with Crippen LogP contribution < -0.4 is 11.1 Å². The van der Waals surface area contributed by atoms with Gasteiger partial charge in [0.15, 0.2) is 0 Å². The number of nitrogens with zero attached hydrogens (tertiary/aromatic N) is 1. The summed E-state index contributed by atoms with van der Waals surface area (Å²) in [5.74, 6) is 0.136. The van der Waals surface area contributed by atoms with Gasteiger partial charge >= 0.3 is 0 Å². The van der Waals surface area contributed by atoms with Gasteiger partial charge in [0.25, 0.3) is 0 Å². The van der Waals surface area contributed by atoms with Crippen molar-refractivity contribution in [1.82, 2.24) is 15.2 Å². The summed E-state index contributed by atoms with van der Waals surface area (Å²) >= 11 is 0. The van der Waals surface area contributed by atoms with Gasteiger partial charge in [-0.15, -0.1) is 0 Å². The number of hydrogen-bond acceptors (Lipinski definition) is 3. The van der Waals surface area contributed by atoms with Crippen molar-refractivity contribution in [2.75, 3.05) is 13.1 Å². The molecule has 4 N–H and O–H groups in total. The molecule has 2 heterocycles. The summed E-state index contributed by atoms with van der Waals surface area (Å²) in [5.41, 5.74) is 8.70. The van der Waals surface area contributed by atoms with Crippen LogP contribution in [0.3, 0.4) is 0 Å². The average molecular weight is 461 g/mol. The first-order chi connectivity index (χ1) is 16.3. The van der Waals surface area contributed by atoms with E-state index in [-0.39, 0.29) is 11.8 Å². The number of hydrogen-bond donors (Lipinski definition) is 3. The molecule has 0 bridgehead atoms. The zero-order valence-corrected chi connectivity index (χ0v) is 20.2. The van der Waals surface area contributed by atoms with E-state index in [2.05, 4.69) is 46.8 Å². The minimum absolute atomic E-state index is 0.00281. The monoisotopic (exact) mass is 460 g/mol. The van der Waals surface area contributed by atoms with Crippen LogP contribution in [-0.2, 0) is 16.0 Å². The Bertz CT molecular complexity index is 1110. The van der Waals surface area contributed by atoms with Gasteiger partial charge in [-0.2, -0.15) is 0 Å². The molecule has 1 fully saturated rings. The highest BCUT2D eigenvalue weighted by Crippen LogP contribution is 2.33. The SMILES string of the molecule is CC(C)(N)C(=O)N[C@H](CCCc1ccccc1)C(=O)N1CCC(c2c[nH]c3ccccc23)CC1. The molecule has 3 aromatic rings. The Hall–Kier alpha value is -3.12. The molecule has 180 valence electrons. The summed E-state index contributed by atoms with van der Waals surface area (Å²) in [6.45, 7) is 4.72. The molecule has 0 unspecified atom stereocenters. The molecule has 2 aromatic carbocycles. The van der Waals surface area contributed by atoms with Crippen LogP contribution in [0.2, 0.25) is 0 Å². The number of aromatic nitrogens is 1. The van der Waals surface area contributed by atoms with Gasteiger partial charge < -0.3 is 20.9 Å². The van der Waals surface area contributed by atoms with Crippen molar-refractivity contribution >= 4 is 22.7 Å². The first-order valence-corrected chi connectivity index (χ1v) is 12.3. The average Bonchev–Trinajstić information content (AvgIpc) is 3.27. The number of piperidine rings is 1. The first kappa shape index (κ1) is 24.0. The summed E-state index contributed by atoms with van der Waals surface area (Å²) in [6.07, 6.45) is 6.23. The summed E-state index contributed by atoms with van der Waals surface area (Å²) in [5, 5.41) is 4.21. The molecule has 1 aromatic heterocycles. The molecular formula is C28H36N4O2. The quantitative estimate of drug-likeness (QED) is 0.472. The number of H-pyrrole nitrogens is 1. The van der Waals surface area contributed by atoms with E-state index in [9.17, 15) is 9.59 Å². The largest absolute Gasteiger partial charge is 0.361 e. The Morgan fingerprint density at radius 1 is 1.09 bits per heavy atom. The second kappa shape index (κ2) is 10.4. The number of nitrogens with two attached hydrogens (primary N) is 1. The lowest BCUT2D eigenvalue weighted by Crippen LogP contribution is -2.57. The van der Waals surface area contributed by atoms with Crippen molar-refractivity contribution in [1.29, 1.82) is 0 Å². The van der Waals surface area contributed by atoms with E-state index in [1.165, 1.54) is 16.5 Å². The third-order valence-corrected chi connectivity index (χ3v) is 6.86. The van der Waals surface area contributed by atoms with Crippen LogP contribution in [0.15, 0.2) is 60.8 Å². The number of aromatic amines is 1. The number of likely N-dealkylation sites (tertiary alicyclic amines) is 1. The Balaban J connectivity index is 1.39. The molecule has 2 amide bonds. The van der Waals surface area contributed by atoms with Crippen molar-refractivity contribution < 1.29 is 9.59 Å². The fourth-order valence-corrected chi connectivity index (χ4v) is 4.82. The Morgan fingerprint density at radius 2 is 1.76 bits per heavy atom. The standard InChI is InChI=1S/C28H36N4O2/c1-28(2,29)27(34)31-25(14-8-11-20-9-4-3-5-10-20)26(33)32-17-15-21(16-18-32)23-19-30-24-13-7-6-12-22(23)24/h3-7,9-10,12-13,19,21,25,30H,8,11,14-18,29H2,1-2H3,(H,31,34)/t25-/m1/s1. The molecule has 34 heavy (non-hydrogen) atoms. The maximum absolute atomic E-state index is 13.5. The topological polar surface area (TPSA) is 91.2 Å². The molecule has 0 aliphatic carbocycles. The first-order valence-electron chi connectivity index (χ1n) is 12.3. The van der Waals surface area contributed by atoms with Crippen molar-refractivity contribution in [3.05, 3.63) is 71.9 Å². The van der Waals surface area contributed by atoms with E-state index >= 15 is 0 Å². The van der Waals surface area contributed by atoms with Crippen molar-refractivity contribution in [3.8, 4) is 0 Å². The van der Waals surface area contributed by atoms with E-state index in [4.69, 9.17) is 5.73 Å². The molecule has 1 aliphatic heterocycles. The van der Waals surface area contributed by atoms with Crippen LogP contribution in [0.4, 0.5) is 0 Å². The Morgan fingerprint density at radius 3 is 2.47 bits per heavy atom. The minimum Gasteiger partial charge on any atom is -0.361 e. The normalized spacial score (nSPS) is 15.9. The third-order valence-electron chi connectivity index (χ3n) is 6.86. The number of rotatable bonds is 8. The summed E-state index contributed by atoms with van der Waals surface area (Å²) in [7, 11) is 0. The number of para-hydroxylation sites is 1. The highest BCUT2D eigenvalue weighted by molar-refractivity contribution is 5.91. The van der Waals surface area contributed by atoms with Crippen LogP contribution in [0.5, 0.6) is 0 Å². The van der Waals surface area contributed by atoms with Gasteiger partial charge in [0.05, 0.1) is 5.54 Å². The van der Waals surface area contributed by atoms with E-state index in [0.717, 1.165) is 31.2 Å². The Kier molecular flexibility index (Phi) is 7.37. The van der Waals surface area contributed by atoms with Crippen LogP contribution >= 0.6 is 0 Å². The fourth-order valence-electron chi connectivity index (χ4n) is 4.82. The van der Waals surface area contributed by atoms with E-state index in [1.54, 1.807) is 13.8 Å². The number of aryl methyl sites for hydroxylation is 1. The number of benzene rings is 2. The molecule has 6 heteroatoms. The van der Waals surface area contributed by atoms with E-state index in [0.29, 0.717) is 25.4 Å². The van der Waals surface area contributed by atoms with Gasteiger partial charge in [-0.1, -0.05) is 48.5 Å². The maximum atomic E-state index is 13.5. The zero-order chi connectivity index (χ0) is 24.1. The van der Waals surface area contributed by atoms with Crippen molar-refractivity contribution in [2.24, 2.45) is 5.73 Å². The lowest BCUT2D eigenvalue weighted by atomic mass is 9.89. The smallest absolute Gasteiger partial charge is 0.245 e. The number of fused-ring (bicyclic) bond motifs is 1. The second-order valence-corrected chi connectivity index (χ2v) is 10.0. The molecule has 1 aliphatic rings. The van der Waals surface area contributed by atoms with Gasteiger partial charge in [-0.3, -0.25) is 9.59 Å². The molecule has 0 radical (unpaired) electrons. The number of carbonyl (C=O) groups excluding carboxylic acids is 2. The summed E-state index contributed by atoms with van der Waals surface area (Å²) in [6, 6.07) is 18.0. The minimum atomic E-state index is -1.03. The van der Waals surface area contributed by atoms with E-state index < -0.39 is 11.6 Å². The van der Waals surface area contributed by atoms with E-state index in [1.807, 2.05) is 29.2 Å². The van der Waals surface area contributed by atoms with Crippen LogP contribution in [-0.4, -0.2) is 46.4 Å². The predicted octanol–water partition coefficient (Wildman–Crippen LogP) is 4.12. The number of carbonyl (C=O) groups is 2. The highest BCUT2D eigenvalue weighted by Gasteiger charge is 2.32. The lowest BCUT2D eigenvalue weighted by molar-refractivity contribution is -0.138. The molecule has 0 spiro atoms. The number of nitrogens with one attached hydrogen (secondary N) is 2. The van der Waals surface area contributed by atoms with Gasteiger partial charge in [-0.05, 0) is 69.1 Å². The lowest BCUT2D eigenvalue weighted by Gasteiger charge is -2.35. The Labute approximate surface area is 201 Å². The van der Waals surface area contributed by atoms with Crippen molar-refractivity contribution in [2.45, 2.75) is 63.5 Å². The fraction of sp³-hybridized carbons (Fsp3) is 0.429. The molecule has 1 saturated heterocycles. The molecule has 1 atom stereocenters. The van der Waals surface area contributed by atoms with Crippen LogP contribution in [0.25, 0.3) is 10.9 Å². The van der Waals surface area contributed by atoms with Gasteiger partial charge in [0.2, 0.25) is 11.8 Å². The molecule has 4 rings (SSSR count). The zero-order valence-electron chi connectivity index (χ0n) is 20.2. The third kappa shape index (κ3) is 5.68. The summed E-state index contributed by atoms with van der Waals surface area (Å²) < 4.78 is 0. The van der Waals surface area contributed by atoms with Gasteiger partial charge in [0, 0.05) is 30.2 Å². The maximum Gasteiger partial charge on any atom is 0.245 e. The molecular weight excluding hydrogens is 424 g/mol. The van der Waals surface area contributed by atoms with Crippen LogP contribution in [0.1, 0.15) is 56.6 Å². The number of amides is 2. The van der Waals surface area contributed by atoms with Gasteiger partial charge in [-0.25, -0.2) is 0 Å². The van der Waals surface area contributed by atoms with Gasteiger partial charge in [0.1, 0.15) is 6.04 Å². The second-order valence-electron chi connectivity index (χ2n) is 10.0. The highest BCUT2D eigenvalue weighted by atomic mass is 16.2. The summed E-state index contributed by atoms with van der Waals surface area (Å²) in [4.78, 5) is 31.4. The predicted molar refractivity (Wildman–Crippen MR) is 136 cm³/mol. The van der Waals surface area contributed by atoms with Crippen LogP contribution in [0, 0.1) is 0 Å². The molecule has 0 saturated carbocycles. The molecule has 6 nitrogen and oxygen atoms in total. The van der Waals surface area contributed by atoms with Crippen molar-refractivity contribution in [3.63, 3.8) is 0 Å².